The number of rotatable bonds is 4. The molecule has 1 aliphatic rings. The quantitative estimate of drug-likeness (QED) is 0.744. The van der Waals surface area contributed by atoms with Crippen LogP contribution in [-0.2, 0) is 12.8 Å². The van der Waals surface area contributed by atoms with Crippen LogP contribution in [0.4, 0.5) is 5.00 Å². The van der Waals surface area contributed by atoms with E-state index in [1.807, 2.05) is 12.3 Å². The Morgan fingerprint density at radius 1 is 1.40 bits per heavy atom. The average molecular weight is 395 g/mol. The smallest absolute Gasteiger partial charge is 0.257 e. The van der Waals surface area contributed by atoms with Crippen LogP contribution in [0.25, 0.3) is 0 Å². The predicted molar refractivity (Wildman–Crippen MR) is 105 cm³/mol. The monoisotopic (exact) mass is 394 g/mol. The molecule has 0 bridgehead atoms. The van der Waals surface area contributed by atoms with Crippen molar-refractivity contribution in [1.29, 1.82) is 0 Å². The van der Waals surface area contributed by atoms with Gasteiger partial charge in [-0.05, 0) is 55.2 Å². The number of thioether (sulfide) groups is 1. The summed E-state index contributed by atoms with van der Waals surface area (Å²) in [5, 5.41) is 3.77. The van der Waals surface area contributed by atoms with Crippen LogP contribution in [0.1, 0.15) is 44.5 Å². The van der Waals surface area contributed by atoms with E-state index in [0.717, 1.165) is 34.6 Å². The molecule has 1 aliphatic carbocycles. The molecule has 0 unspecified atom stereocenters. The molecule has 2 aromatic rings. The molecule has 1 aromatic carbocycles. The first-order chi connectivity index (χ1) is 11.9. The van der Waals surface area contributed by atoms with Crippen LogP contribution in [0.15, 0.2) is 23.1 Å². The van der Waals surface area contributed by atoms with Crippen molar-refractivity contribution in [3.63, 3.8) is 0 Å². The molecule has 1 heterocycles. The lowest BCUT2D eigenvalue weighted by Crippen LogP contribution is -2.19. The van der Waals surface area contributed by atoms with Crippen molar-refractivity contribution in [2.45, 2.75) is 31.1 Å². The minimum absolute atomic E-state index is 0.324. The highest BCUT2D eigenvalue weighted by molar-refractivity contribution is 7.98. The van der Waals surface area contributed by atoms with Gasteiger partial charge in [-0.3, -0.25) is 9.59 Å². The van der Waals surface area contributed by atoms with Gasteiger partial charge in [0.25, 0.3) is 11.8 Å². The molecule has 0 radical (unpaired) electrons. The zero-order valence-electron chi connectivity index (χ0n) is 14.0. The van der Waals surface area contributed by atoms with Crippen LogP contribution in [0.3, 0.4) is 0 Å². The second kappa shape index (κ2) is 7.40. The number of nitrogens with one attached hydrogen (secondary N) is 1. The molecule has 132 valence electrons. The third kappa shape index (κ3) is 3.71. The molecule has 0 aliphatic heterocycles. The van der Waals surface area contributed by atoms with Gasteiger partial charge in [0, 0.05) is 9.77 Å². The maximum atomic E-state index is 12.7. The van der Waals surface area contributed by atoms with Gasteiger partial charge in [0.2, 0.25) is 0 Å². The summed E-state index contributed by atoms with van der Waals surface area (Å²) < 4.78 is 0. The van der Waals surface area contributed by atoms with Crippen LogP contribution < -0.4 is 11.1 Å². The second-order valence-corrected chi connectivity index (χ2v) is 8.61. The summed E-state index contributed by atoms with van der Waals surface area (Å²) in [6.45, 7) is 2.19. The predicted octanol–water partition coefficient (Wildman–Crippen LogP) is 4.60. The van der Waals surface area contributed by atoms with Gasteiger partial charge in [-0.2, -0.15) is 0 Å². The fourth-order valence-corrected chi connectivity index (χ4v) is 5.13. The summed E-state index contributed by atoms with van der Waals surface area (Å²) in [5.74, 6) is -0.246. The number of carbonyl (C=O) groups is 2. The molecule has 4 nitrogen and oxygen atoms in total. The molecule has 2 amide bonds. The molecule has 1 atom stereocenters. The van der Waals surface area contributed by atoms with E-state index in [2.05, 4.69) is 12.2 Å². The SMILES string of the molecule is CSc1ccc(Cl)c(C(=O)Nc2sc3c(c2C(N)=O)CC[C@@H](C)C3)c1. The highest BCUT2D eigenvalue weighted by atomic mass is 35.5. The molecule has 0 spiro atoms. The van der Waals surface area contributed by atoms with Gasteiger partial charge in [0.05, 0.1) is 16.1 Å². The molecular weight excluding hydrogens is 376 g/mol. The number of amides is 2. The maximum absolute atomic E-state index is 12.7. The highest BCUT2D eigenvalue weighted by Gasteiger charge is 2.27. The van der Waals surface area contributed by atoms with Crippen molar-refractivity contribution in [2.24, 2.45) is 11.7 Å². The number of nitrogens with two attached hydrogens (primary N) is 1. The number of carbonyl (C=O) groups excluding carboxylic acids is 2. The Hall–Kier alpha value is -1.50. The molecule has 0 saturated carbocycles. The first-order valence-electron chi connectivity index (χ1n) is 8.00. The van der Waals surface area contributed by atoms with Gasteiger partial charge in [-0.25, -0.2) is 0 Å². The topological polar surface area (TPSA) is 72.2 Å². The second-order valence-electron chi connectivity index (χ2n) is 6.22. The Kier molecular flexibility index (Phi) is 5.41. The standard InChI is InChI=1S/C18H19ClN2O2S2/c1-9-3-5-11-14(7-9)25-18(15(11)16(20)22)21-17(23)12-8-10(24-2)4-6-13(12)19/h4,6,8-9H,3,5,7H2,1-2H3,(H2,20,22)(H,21,23)/t9-/m1/s1. The Balaban J connectivity index is 1.95. The van der Waals surface area contributed by atoms with Gasteiger partial charge in [-0.15, -0.1) is 23.1 Å². The van der Waals surface area contributed by atoms with Crippen molar-refractivity contribution in [3.8, 4) is 0 Å². The average Bonchev–Trinajstić information content (AvgIpc) is 2.92. The Morgan fingerprint density at radius 3 is 2.84 bits per heavy atom. The van der Waals surface area contributed by atoms with Gasteiger partial charge < -0.3 is 11.1 Å². The van der Waals surface area contributed by atoms with E-state index < -0.39 is 5.91 Å². The normalized spacial score (nSPS) is 16.4. The summed E-state index contributed by atoms with van der Waals surface area (Å²) >= 11 is 9.17. The molecule has 3 rings (SSSR count). The van der Waals surface area contributed by atoms with E-state index in [1.54, 1.807) is 12.1 Å². The maximum Gasteiger partial charge on any atom is 0.257 e. The number of anilines is 1. The number of hydrogen-bond donors (Lipinski definition) is 2. The summed E-state index contributed by atoms with van der Waals surface area (Å²) in [5.41, 5.74) is 7.44. The lowest BCUT2D eigenvalue weighted by molar-refractivity contribution is 0.1000. The van der Waals surface area contributed by atoms with E-state index >= 15 is 0 Å². The van der Waals surface area contributed by atoms with E-state index in [4.69, 9.17) is 17.3 Å². The number of fused-ring (bicyclic) bond motifs is 1. The van der Waals surface area contributed by atoms with Gasteiger partial charge in [0.15, 0.2) is 0 Å². The zero-order chi connectivity index (χ0) is 18.1. The Labute approximate surface area is 160 Å². The number of hydrogen-bond acceptors (Lipinski definition) is 4. The third-order valence-electron chi connectivity index (χ3n) is 4.40. The van der Waals surface area contributed by atoms with Crippen molar-refractivity contribution >= 4 is 51.5 Å². The Bertz CT molecular complexity index is 848. The first-order valence-corrected chi connectivity index (χ1v) is 10.4. The molecule has 1 aromatic heterocycles. The largest absolute Gasteiger partial charge is 0.365 e. The minimum atomic E-state index is -0.494. The van der Waals surface area contributed by atoms with Crippen molar-refractivity contribution in [2.75, 3.05) is 11.6 Å². The lowest BCUT2D eigenvalue weighted by atomic mass is 9.88. The van der Waals surface area contributed by atoms with E-state index in [9.17, 15) is 9.59 Å². The lowest BCUT2D eigenvalue weighted by Gasteiger charge is -2.18. The molecule has 3 N–H and O–H groups in total. The van der Waals surface area contributed by atoms with Crippen LogP contribution >= 0.6 is 34.7 Å². The van der Waals surface area contributed by atoms with Crippen molar-refractivity contribution in [1.82, 2.24) is 0 Å². The van der Waals surface area contributed by atoms with Gasteiger partial charge >= 0.3 is 0 Å². The third-order valence-corrected chi connectivity index (χ3v) is 6.63. The highest BCUT2D eigenvalue weighted by Crippen LogP contribution is 2.39. The van der Waals surface area contributed by atoms with E-state index in [1.165, 1.54) is 23.1 Å². The van der Waals surface area contributed by atoms with Crippen molar-refractivity contribution in [3.05, 3.63) is 44.8 Å². The van der Waals surface area contributed by atoms with Crippen LogP contribution in [0.5, 0.6) is 0 Å². The molecule has 0 fully saturated rings. The summed E-state index contributed by atoms with van der Waals surface area (Å²) in [4.78, 5) is 26.8. The number of benzene rings is 1. The zero-order valence-corrected chi connectivity index (χ0v) is 16.4. The molecule has 0 saturated heterocycles. The van der Waals surface area contributed by atoms with Crippen LogP contribution in [-0.4, -0.2) is 18.1 Å². The minimum Gasteiger partial charge on any atom is -0.365 e. The summed E-state index contributed by atoms with van der Waals surface area (Å²) in [7, 11) is 0. The first kappa shape index (κ1) is 18.3. The van der Waals surface area contributed by atoms with E-state index in [0.29, 0.717) is 27.1 Å². The fourth-order valence-electron chi connectivity index (χ4n) is 3.08. The molecular formula is C18H19ClN2O2S2. The molecule has 25 heavy (non-hydrogen) atoms. The number of thiophene rings is 1. The summed E-state index contributed by atoms with van der Waals surface area (Å²) in [6, 6.07) is 5.32. The number of halogens is 1. The fraction of sp³-hybridized carbons (Fsp3) is 0.333. The van der Waals surface area contributed by atoms with Crippen LogP contribution in [0.2, 0.25) is 5.02 Å². The number of primary amides is 1. The van der Waals surface area contributed by atoms with Crippen molar-refractivity contribution < 1.29 is 9.59 Å². The Morgan fingerprint density at radius 2 is 2.16 bits per heavy atom. The summed E-state index contributed by atoms with van der Waals surface area (Å²) in [6.07, 6.45) is 4.70. The van der Waals surface area contributed by atoms with Gasteiger partial charge in [0.1, 0.15) is 5.00 Å². The van der Waals surface area contributed by atoms with Crippen LogP contribution in [0, 0.1) is 5.92 Å². The van der Waals surface area contributed by atoms with Gasteiger partial charge in [-0.1, -0.05) is 18.5 Å². The molecule has 7 heteroatoms. The van der Waals surface area contributed by atoms with E-state index in [-0.39, 0.29) is 5.91 Å².